The molecule has 1 fully saturated rings. The minimum absolute atomic E-state index is 0.0457. The number of hydrogen-bond acceptors (Lipinski definition) is 4. The summed E-state index contributed by atoms with van der Waals surface area (Å²) in [5, 5.41) is 3.81. The number of aryl methyl sites for hydroxylation is 1. The highest BCUT2D eigenvalue weighted by Gasteiger charge is 2.25. The summed E-state index contributed by atoms with van der Waals surface area (Å²) in [7, 11) is 0. The van der Waals surface area contributed by atoms with Gasteiger partial charge in [-0.05, 0) is 44.4 Å². The Morgan fingerprint density at radius 2 is 2.00 bits per heavy atom. The van der Waals surface area contributed by atoms with Crippen LogP contribution in [0.3, 0.4) is 0 Å². The van der Waals surface area contributed by atoms with Gasteiger partial charge in [0.2, 0.25) is 5.91 Å². The molecule has 3 rings (SSSR count). The third-order valence-electron chi connectivity index (χ3n) is 4.96. The van der Waals surface area contributed by atoms with Gasteiger partial charge in [-0.15, -0.1) is 0 Å². The molecule has 0 unspecified atom stereocenters. The first-order valence-electron chi connectivity index (χ1n) is 9.65. The van der Waals surface area contributed by atoms with Crippen molar-refractivity contribution in [3.63, 3.8) is 0 Å². The van der Waals surface area contributed by atoms with Gasteiger partial charge in [0.05, 0.1) is 17.9 Å². The Balaban J connectivity index is 1.36. The number of carbonyl (C=O) groups excluding carboxylic acids is 2. The first kappa shape index (κ1) is 21.5. The standard InChI is InChI=1S/C21H24Cl2N2O4/c1-14-9-13-29-20(14)21(27)24-15-7-10-25(11-8-15)18(26)6-3-12-28-17-5-2-4-16(22)19(17)23/h2,4-5,9,13,15H,3,6-8,10-12H2,1H3,(H,24,27). The molecule has 2 amide bonds. The summed E-state index contributed by atoms with van der Waals surface area (Å²) in [4.78, 5) is 26.5. The van der Waals surface area contributed by atoms with Gasteiger partial charge in [0.25, 0.3) is 5.91 Å². The SMILES string of the molecule is Cc1ccoc1C(=O)NC1CCN(C(=O)CCCOc2cccc(Cl)c2Cl)CC1. The topological polar surface area (TPSA) is 71.8 Å². The fourth-order valence-corrected chi connectivity index (χ4v) is 3.64. The first-order valence-corrected chi connectivity index (χ1v) is 10.4. The second kappa shape index (κ2) is 10.0. The van der Waals surface area contributed by atoms with Crippen molar-refractivity contribution in [3.8, 4) is 5.75 Å². The molecule has 8 heteroatoms. The molecule has 6 nitrogen and oxygen atoms in total. The summed E-state index contributed by atoms with van der Waals surface area (Å²) in [6.45, 7) is 3.48. The maximum Gasteiger partial charge on any atom is 0.287 e. The monoisotopic (exact) mass is 438 g/mol. The number of carbonyl (C=O) groups is 2. The number of nitrogens with one attached hydrogen (secondary N) is 1. The molecule has 0 spiro atoms. The smallest absolute Gasteiger partial charge is 0.287 e. The van der Waals surface area contributed by atoms with E-state index in [1.807, 2.05) is 11.8 Å². The van der Waals surface area contributed by atoms with E-state index in [0.29, 0.717) is 54.1 Å². The van der Waals surface area contributed by atoms with Gasteiger partial charge in [-0.2, -0.15) is 0 Å². The predicted molar refractivity (Wildman–Crippen MR) is 112 cm³/mol. The third kappa shape index (κ3) is 5.67. The van der Waals surface area contributed by atoms with Crippen molar-refractivity contribution < 1.29 is 18.7 Å². The van der Waals surface area contributed by atoms with Crippen LogP contribution in [0.15, 0.2) is 34.9 Å². The Morgan fingerprint density at radius 3 is 2.69 bits per heavy atom. The van der Waals surface area contributed by atoms with Gasteiger partial charge in [0.15, 0.2) is 5.76 Å². The minimum Gasteiger partial charge on any atom is -0.492 e. The molecule has 1 aromatic carbocycles. The zero-order valence-electron chi connectivity index (χ0n) is 16.2. The van der Waals surface area contributed by atoms with E-state index in [1.165, 1.54) is 6.26 Å². The molecule has 0 aliphatic carbocycles. The summed E-state index contributed by atoms with van der Waals surface area (Å²) in [6, 6.07) is 7.02. The lowest BCUT2D eigenvalue weighted by molar-refractivity contribution is -0.132. The molecule has 1 aromatic heterocycles. The van der Waals surface area contributed by atoms with E-state index in [4.69, 9.17) is 32.4 Å². The van der Waals surface area contributed by atoms with E-state index in [0.717, 1.165) is 18.4 Å². The summed E-state index contributed by atoms with van der Waals surface area (Å²) in [5.41, 5.74) is 0.816. The third-order valence-corrected chi connectivity index (χ3v) is 5.76. The summed E-state index contributed by atoms with van der Waals surface area (Å²) in [6.07, 6.45) is 3.96. The Hall–Kier alpha value is -2.18. The second-order valence-electron chi connectivity index (χ2n) is 7.07. The van der Waals surface area contributed by atoms with Gasteiger partial charge in [-0.1, -0.05) is 29.3 Å². The van der Waals surface area contributed by atoms with Crippen molar-refractivity contribution >= 4 is 35.0 Å². The van der Waals surface area contributed by atoms with Gasteiger partial charge in [0, 0.05) is 31.1 Å². The molecule has 0 atom stereocenters. The number of ether oxygens (including phenoxy) is 1. The van der Waals surface area contributed by atoms with Crippen LogP contribution in [0.25, 0.3) is 0 Å². The Kier molecular flexibility index (Phi) is 7.45. The normalized spacial score (nSPS) is 14.7. The van der Waals surface area contributed by atoms with E-state index in [-0.39, 0.29) is 17.9 Å². The van der Waals surface area contributed by atoms with Crippen LogP contribution < -0.4 is 10.1 Å². The van der Waals surface area contributed by atoms with Crippen LogP contribution in [0.2, 0.25) is 10.0 Å². The van der Waals surface area contributed by atoms with E-state index in [9.17, 15) is 9.59 Å². The number of nitrogens with zero attached hydrogens (tertiary/aromatic N) is 1. The quantitative estimate of drug-likeness (QED) is 0.646. The summed E-state index contributed by atoms with van der Waals surface area (Å²) in [5.74, 6) is 0.768. The van der Waals surface area contributed by atoms with Crippen LogP contribution in [0.5, 0.6) is 5.75 Å². The molecule has 2 aromatic rings. The van der Waals surface area contributed by atoms with Crippen LogP contribution >= 0.6 is 23.2 Å². The summed E-state index contributed by atoms with van der Waals surface area (Å²) >= 11 is 12.0. The van der Waals surface area contributed by atoms with E-state index in [1.54, 1.807) is 24.3 Å². The molecule has 0 radical (unpaired) electrons. The number of piperidine rings is 1. The molecule has 29 heavy (non-hydrogen) atoms. The average Bonchev–Trinajstić information content (AvgIpc) is 3.14. The van der Waals surface area contributed by atoms with Gasteiger partial charge in [0.1, 0.15) is 10.8 Å². The predicted octanol–water partition coefficient (Wildman–Crippen LogP) is 4.47. The largest absolute Gasteiger partial charge is 0.492 e. The molecule has 156 valence electrons. The van der Waals surface area contributed by atoms with Crippen molar-refractivity contribution in [3.05, 3.63) is 51.9 Å². The number of rotatable bonds is 7. The highest BCUT2D eigenvalue weighted by molar-refractivity contribution is 6.42. The Morgan fingerprint density at radius 1 is 1.24 bits per heavy atom. The van der Waals surface area contributed by atoms with E-state index < -0.39 is 0 Å². The number of halogens is 2. The fraction of sp³-hybridized carbons (Fsp3) is 0.429. The van der Waals surface area contributed by atoms with Crippen molar-refractivity contribution in [2.75, 3.05) is 19.7 Å². The number of furan rings is 1. The lowest BCUT2D eigenvalue weighted by atomic mass is 10.0. The lowest BCUT2D eigenvalue weighted by Gasteiger charge is -2.32. The molecule has 2 heterocycles. The van der Waals surface area contributed by atoms with E-state index >= 15 is 0 Å². The zero-order chi connectivity index (χ0) is 20.8. The van der Waals surface area contributed by atoms with Crippen LogP contribution in [0, 0.1) is 6.92 Å². The van der Waals surface area contributed by atoms with Crippen LogP contribution in [0.4, 0.5) is 0 Å². The molecular formula is C21H24Cl2N2O4. The number of likely N-dealkylation sites (tertiary alicyclic amines) is 1. The van der Waals surface area contributed by atoms with Gasteiger partial charge < -0.3 is 19.4 Å². The van der Waals surface area contributed by atoms with Crippen LogP contribution in [0.1, 0.15) is 41.8 Å². The minimum atomic E-state index is -0.200. The molecule has 0 saturated carbocycles. The van der Waals surface area contributed by atoms with Gasteiger partial charge in [-0.3, -0.25) is 9.59 Å². The van der Waals surface area contributed by atoms with Crippen molar-refractivity contribution in [2.45, 2.75) is 38.6 Å². The maximum atomic E-state index is 12.4. The average molecular weight is 439 g/mol. The Bertz CT molecular complexity index is 860. The molecule has 1 aliphatic heterocycles. The van der Waals surface area contributed by atoms with Crippen molar-refractivity contribution in [1.82, 2.24) is 10.2 Å². The van der Waals surface area contributed by atoms with Gasteiger partial charge >= 0.3 is 0 Å². The van der Waals surface area contributed by atoms with Crippen molar-refractivity contribution in [1.29, 1.82) is 0 Å². The maximum absolute atomic E-state index is 12.4. The molecule has 1 aliphatic rings. The number of benzene rings is 1. The molecular weight excluding hydrogens is 415 g/mol. The van der Waals surface area contributed by atoms with Crippen LogP contribution in [-0.4, -0.2) is 42.5 Å². The molecule has 0 bridgehead atoms. The number of hydrogen-bond donors (Lipinski definition) is 1. The van der Waals surface area contributed by atoms with Crippen LogP contribution in [-0.2, 0) is 4.79 Å². The number of amides is 2. The molecule has 1 N–H and O–H groups in total. The first-order chi connectivity index (χ1) is 14.0. The fourth-order valence-electron chi connectivity index (χ4n) is 3.29. The zero-order valence-corrected chi connectivity index (χ0v) is 17.8. The summed E-state index contributed by atoms with van der Waals surface area (Å²) < 4.78 is 10.8. The Labute approximate surface area is 180 Å². The van der Waals surface area contributed by atoms with Gasteiger partial charge in [-0.25, -0.2) is 0 Å². The lowest BCUT2D eigenvalue weighted by Crippen LogP contribution is -2.46. The second-order valence-corrected chi connectivity index (χ2v) is 7.85. The molecule has 1 saturated heterocycles. The van der Waals surface area contributed by atoms with Crippen molar-refractivity contribution in [2.24, 2.45) is 0 Å². The van der Waals surface area contributed by atoms with E-state index in [2.05, 4.69) is 5.32 Å². The highest BCUT2D eigenvalue weighted by Crippen LogP contribution is 2.31. The highest BCUT2D eigenvalue weighted by atomic mass is 35.5.